The molecule has 2 heteroatoms. The van der Waals surface area contributed by atoms with Crippen molar-refractivity contribution in [1.82, 2.24) is 4.98 Å². The van der Waals surface area contributed by atoms with Crippen molar-refractivity contribution >= 4 is 0 Å². The second-order valence-corrected chi connectivity index (χ2v) is 9.29. The molecule has 1 saturated carbocycles. The number of hydrogen-bond acceptors (Lipinski definition) is 2. The first-order valence-corrected chi connectivity index (χ1v) is 11.2. The highest BCUT2D eigenvalue weighted by molar-refractivity contribution is 5.30. The van der Waals surface area contributed by atoms with Gasteiger partial charge in [0, 0.05) is 23.9 Å². The Morgan fingerprint density at radius 1 is 0.964 bits per heavy atom. The summed E-state index contributed by atoms with van der Waals surface area (Å²) in [6, 6.07) is 13.4. The van der Waals surface area contributed by atoms with Crippen LogP contribution in [0.15, 0.2) is 42.6 Å². The van der Waals surface area contributed by atoms with Gasteiger partial charge in [-0.3, -0.25) is 4.98 Å². The highest BCUT2D eigenvalue weighted by Gasteiger charge is 2.48. The van der Waals surface area contributed by atoms with Crippen LogP contribution >= 0.6 is 0 Å². The number of benzene rings is 1. The Labute approximate surface area is 170 Å². The number of pyridine rings is 1. The Morgan fingerprint density at radius 3 is 2.57 bits per heavy atom. The summed E-state index contributed by atoms with van der Waals surface area (Å²) in [4.78, 5) is 4.83. The van der Waals surface area contributed by atoms with E-state index in [4.69, 9.17) is 9.72 Å². The lowest BCUT2D eigenvalue weighted by Gasteiger charge is -2.46. The maximum Gasteiger partial charge on any atom is 0.0691 e. The van der Waals surface area contributed by atoms with Gasteiger partial charge in [0.2, 0.25) is 0 Å². The van der Waals surface area contributed by atoms with Gasteiger partial charge in [-0.2, -0.15) is 0 Å². The van der Waals surface area contributed by atoms with Crippen molar-refractivity contribution in [1.29, 1.82) is 0 Å². The second-order valence-electron chi connectivity index (χ2n) is 9.29. The minimum atomic E-state index is 0.129. The SMILES string of the molecule is Cc1ccc(CCCCC2(c3ccccn3)CCOC3(CCCC3)C2)cc1C. The highest BCUT2D eigenvalue weighted by Crippen LogP contribution is 2.50. The first kappa shape index (κ1) is 19.6. The maximum absolute atomic E-state index is 6.38. The summed E-state index contributed by atoms with van der Waals surface area (Å²) in [5, 5.41) is 0. The molecule has 0 bridgehead atoms. The van der Waals surface area contributed by atoms with Crippen LogP contribution in [0.2, 0.25) is 0 Å². The molecule has 1 atom stereocenters. The van der Waals surface area contributed by atoms with Gasteiger partial charge in [0.1, 0.15) is 0 Å². The molecule has 2 aromatic rings. The number of nitrogens with zero attached hydrogens (tertiary/aromatic N) is 1. The van der Waals surface area contributed by atoms with Crippen LogP contribution in [0.4, 0.5) is 0 Å². The smallest absolute Gasteiger partial charge is 0.0691 e. The molecule has 1 aromatic carbocycles. The third kappa shape index (κ3) is 4.17. The molecule has 0 amide bonds. The second kappa shape index (κ2) is 8.37. The van der Waals surface area contributed by atoms with E-state index in [0.717, 1.165) is 13.0 Å². The number of aromatic nitrogens is 1. The van der Waals surface area contributed by atoms with E-state index in [-0.39, 0.29) is 11.0 Å². The summed E-state index contributed by atoms with van der Waals surface area (Å²) in [5.41, 5.74) is 5.92. The third-order valence-electron chi connectivity index (χ3n) is 7.31. The molecule has 1 spiro atoms. The zero-order chi connectivity index (χ0) is 19.5. The molecule has 1 aromatic heterocycles. The van der Waals surface area contributed by atoms with Crippen LogP contribution in [0.1, 0.15) is 80.2 Å². The van der Waals surface area contributed by atoms with Crippen LogP contribution in [0.3, 0.4) is 0 Å². The van der Waals surface area contributed by atoms with E-state index in [9.17, 15) is 0 Å². The lowest BCUT2D eigenvalue weighted by molar-refractivity contribution is -0.104. The predicted octanol–water partition coefficient (Wildman–Crippen LogP) is 6.47. The molecule has 0 radical (unpaired) electrons. The lowest BCUT2D eigenvalue weighted by Crippen LogP contribution is -2.46. The fourth-order valence-electron chi connectivity index (χ4n) is 5.55. The van der Waals surface area contributed by atoms with Gasteiger partial charge < -0.3 is 4.74 Å². The molecule has 2 aliphatic rings. The number of hydrogen-bond donors (Lipinski definition) is 0. The van der Waals surface area contributed by atoms with E-state index < -0.39 is 0 Å². The van der Waals surface area contributed by atoms with Crippen LogP contribution in [0, 0.1) is 13.8 Å². The van der Waals surface area contributed by atoms with E-state index in [0.29, 0.717) is 0 Å². The van der Waals surface area contributed by atoms with Crippen molar-refractivity contribution in [3.05, 3.63) is 65.0 Å². The van der Waals surface area contributed by atoms with E-state index in [1.54, 1.807) is 0 Å². The fraction of sp³-hybridized carbons (Fsp3) is 0.577. The zero-order valence-electron chi connectivity index (χ0n) is 17.7. The van der Waals surface area contributed by atoms with Crippen LogP contribution in [0.25, 0.3) is 0 Å². The summed E-state index contributed by atoms with van der Waals surface area (Å²) in [6.07, 6.45) is 14.3. The molecule has 2 nitrogen and oxygen atoms in total. The van der Waals surface area contributed by atoms with Crippen LogP contribution in [-0.2, 0) is 16.6 Å². The molecular weight excluding hydrogens is 342 g/mol. The first-order valence-electron chi connectivity index (χ1n) is 11.2. The molecule has 1 aliphatic heterocycles. The van der Waals surface area contributed by atoms with Crippen molar-refractivity contribution in [2.45, 2.75) is 89.1 Å². The summed E-state index contributed by atoms with van der Waals surface area (Å²) in [6.45, 7) is 5.31. The lowest BCUT2D eigenvalue weighted by atomic mass is 9.67. The number of aryl methyl sites for hydroxylation is 3. The average molecular weight is 378 g/mol. The molecular formula is C26H35NO. The molecule has 1 unspecified atom stereocenters. The number of ether oxygens (including phenoxy) is 1. The zero-order valence-corrected chi connectivity index (χ0v) is 17.7. The van der Waals surface area contributed by atoms with Crippen molar-refractivity contribution in [3.8, 4) is 0 Å². The van der Waals surface area contributed by atoms with Gasteiger partial charge in [0.15, 0.2) is 0 Å². The molecule has 0 N–H and O–H groups in total. The van der Waals surface area contributed by atoms with Gasteiger partial charge in [-0.1, -0.05) is 43.5 Å². The number of unbranched alkanes of at least 4 members (excludes halogenated alkanes) is 1. The van der Waals surface area contributed by atoms with Crippen LogP contribution in [0.5, 0.6) is 0 Å². The van der Waals surface area contributed by atoms with Gasteiger partial charge in [-0.25, -0.2) is 0 Å². The minimum absolute atomic E-state index is 0.129. The van der Waals surface area contributed by atoms with Crippen molar-refractivity contribution in [2.75, 3.05) is 6.61 Å². The third-order valence-corrected chi connectivity index (χ3v) is 7.31. The monoisotopic (exact) mass is 377 g/mol. The van der Waals surface area contributed by atoms with Gasteiger partial charge in [-0.15, -0.1) is 0 Å². The largest absolute Gasteiger partial charge is 0.375 e. The summed E-state index contributed by atoms with van der Waals surface area (Å²) >= 11 is 0. The predicted molar refractivity (Wildman–Crippen MR) is 116 cm³/mol. The fourth-order valence-corrected chi connectivity index (χ4v) is 5.55. The molecule has 2 heterocycles. The Kier molecular flexibility index (Phi) is 5.87. The molecule has 1 aliphatic carbocycles. The topological polar surface area (TPSA) is 22.1 Å². The molecule has 4 rings (SSSR count). The molecule has 150 valence electrons. The van der Waals surface area contributed by atoms with E-state index in [1.807, 2.05) is 12.3 Å². The van der Waals surface area contributed by atoms with Crippen molar-refractivity contribution in [3.63, 3.8) is 0 Å². The first-order chi connectivity index (χ1) is 13.6. The van der Waals surface area contributed by atoms with Gasteiger partial charge in [-0.05, 0) is 87.6 Å². The van der Waals surface area contributed by atoms with Crippen molar-refractivity contribution in [2.24, 2.45) is 0 Å². The highest BCUT2D eigenvalue weighted by atomic mass is 16.5. The van der Waals surface area contributed by atoms with Crippen molar-refractivity contribution < 1.29 is 4.74 Å². The van der Waals surface area contributed by atoms with Crippen LogP contribution < -0.4 is 0 Å². The van der Waals surface area contributed by atoms with E-state index in [2.05, 4.69) is 44.2 Å². The van der Waals surface area contributed by atoms with Gasteiger partial charge in [0.05, 0.1) is 5.60 Å². The molecule has 2 fully saturated rings. The minimum Gasteiger partial charge on any atom is -0.375 e. The van der Waals surface area contributed by atoms with Crippen LogP contribution in [-0.4, -0.2) is 17.2 Å². The summed E-state index contributed by atoms with van der Waals surface area (Å²) in [5.74, 6) is 0. The van der Waals surface area contributed by atoms with E-state index in [1.165, 1.54) is 80.2 Å². The Balaban J connectivity index is 1.45. The standard InChI is InChI=1S/C26H35NO/c1-21-11-12-23(19-22(21)2)9-3-5-13-25(24-10-4-8-17-27-24)16-18-28-26(20-25)14-6-7-15-26/h4,8,10-12,17,19H,3,5-7,9,13-16,18,20H2,1-2H3. The van der Waals surface area contributed by atoms with Gasteiger partial charge in [0.25, 0.3) is 0 Å². The van der Waals surface area contributed by atoms with Gasteiger partial charge >= 0.3 is 0 Å². The Bertz CT molecular complexity index is 778. The number of rotatable bonds is 6. The summed E-state index contributed by atoms with van der Waals surface area (Å²) < 4.78 is 6.38. The summed E-state index contributed by atoms with van der Waals surface area (Å²) in [7, 11) is 0. The maximum atomic E-state index is 6.38. The molecule has 28 heavy (non-hydrogen) atoms. The quantitative estimate of drug-likeness (QED) is 0.538. The normalized spacial score (nSPS) is 23.9. The Morgan fingerprint density at radius 2 is 1.82 bits per heavy atom. The molecule has 1 saturated heterocycles. The average Bonchev–Trinajstić information content (AvgIpc) is 3.16. The van der Waals surface area contributed by atoms with E-state index >= 15 is 0 Å². The Hall–Kier alpha value is -1.67.